The number of aromatic nitrogens is 1. The van der Waals surface area contributed by atoms with Gasteiger partial charge < -0.3 is 4.90 Å². The second-order valence-electron chi connectivity index (χ2n) is 6.15. The van der Waals surface area contributed by atoms with E-state index in [1.165, 1.54) is 24.3 Å². The van der Waals surface area contributed by atoms with E-state index in [4.69, 9.17) is 11.6 Å². The molecular formula is C20H18ClN3O3S. The minimum atomic E-state index is -3.76. The molecule has 1 amide bonds. The van der Waals surface area contributed by atoms with E-state index in [2.05, 4.69) is 9.71 Å². The number of pyridine rings is 1. The van der Waals surface area contributed by atoms with Crippen LogP contribution in [0.5, 0.6) is 0 Å². The number of amides is 1. The molecule has 0 saturated carbocycles. The Morgan fingerprint density at radius 3 is 2.21 bits per heavy atom. The Bertz CT molecular complexity index is 1050. The predicted octanol–water partition coefficient (Wildman–Crippen LogP) is 3.81. The molecule has 2 aromatic carbocycles. The van der Waals surface area contributed by atoms with Crippen LogP contribution in [0.3, 0.4) is 0 Å². The molecule has 0 spiro atoms. The van der Waals surface area contributed by atoms with Crippen molar-refractivity contribution in [2.75, 3.05) is 11.8 Å². The molecule has 28 heavy (non-hydrogen) atoms. The Balaban J connectivity index is 1.71. The number of benzene rings is 2. The maximum absolute atomic E-state index is 12.6. The summed E-state index contributed by atoms with van der Waals surface area (Å²) in [5.41, 5.74) is 1.76. The lowest BCUT2D eigenvalue weighted by Crippen LogP contribution is -2.26. The highest BCUT2D eigenvalue weighted by Crippen LogP contribution is 2.19. The molecule has 0 radical (unpaired) electrons. The second-order valence-corrected chi connectivity index (χ2v) is 8.27. The summed E-state index contributed by atoms with van der Waals surface area (Å²) >= 11 is 5.81. The van der Waals surface area contributed by atoms with Crippen LogP contribution >= 0.6 is 11.6 Å². The quantitative estimate of drug-likeness (QED) is 0.664. The van der Waals surface area contributed by atoms with E-state index in [9.17, 15) is 13.2 Å². The number of carbonyl (C=O) groups excluding carboxylic acids is 1. The van der Waals surface area contributed by atoms with Crippen LogP contribution in [0.4, 0.5) is 5.69 Å². The SMILES string of the molecule is CN(Cc1ccncc1)C(=O)c1ccc(S(=O)(=O)Nc2ccc(Cl)cc2)cc1. The zero-order valence-corrected chi connectivity index (χ0v) is 16.6. The molecule has 0 fully saturated rings. The molecule has 1 heterocycles. The molecule has 0 aliphatic carbocycles. The van der Waals surface area contributed by atoms with Gasteiger partial charge in [0.2, 0.25) is 0 Å². The van der Waals surface area contributed by atoms with Crippen molar-refractivity contribution < 1.29 is 13.2 Å². The molecule has 3 rings (SSSR count). The number of halogens is 1. The monoisotopic (exact) mass is 415 g/mol. The standard InChI is InChI=1S/C20H18ClN3O3S/c1-24(14-15-10-12-22-13-11-15)20(25)16-2-8-19(9-3-16)28(26,27)23-18-6-4-17(21)5-7-18/h2-13,23H,14H2,1H3. The number of sulfonamides is 1. The summed E-state index contributed by atoms with van der Waals surface area (Å²) in [6, 6.07) is 15.8. The lowest BCUT2D eigenvalue weighted by atomic mass is 10.2. The molecule has 3 aromatic rings. The van der Waals surface area contributed by atoms with E-state index in [1.807, 2.05) is 12.1 Å². The van der Waals surface area contributed by atoms with E-state index in [1.54, 1.807) is 48.6 Å². The van der Waals surface area contributed by atoms with Gasteiger partial charge in [0.1, 0.15) is 0 Å². The first-order valence-electron chi connectivity index (χ1n) is 8.38. The van der Waals surface area contributed by atoms with Gasteiger partial charge in [-0.3, -0.25) is 14.5 Å². The van der Waals surface area contributed by atoms with Crippen LogP contribution in [0.25, 0.3) is 0 Å². The Hall–Kier alpha value is -2.90. The van der Waals surface area contributed by atoms with Gasteiger partial charge in [-0.05, 0) is 66.2 Å². The third-order valence-corrected chi connectivity index (χ3v) is 5.67. The highest BCUT2D eigenvalue weighted by molar-refractivity contribution is 7.92. The summed E-state index contributed by atoms with van der Waals surface area (Å²) in [6.07, 6.45) is 3.34. The first-order chi connectivity index (χ1) is 13.3. The van der Waals surface area contributed by atoms with Crippen molar-refractivity contribution in [1.29, 1.82) is 0 Å². The molecule has 1 aromatic heterocycles. The number of nitrogens with zero attached hydrogens (tertiary/aromatic N) is 2. The van der Waals surface area contributed by atoms with Crippen molar-refractivity contribution in [3.63, 3.8) is 0 Å². The van der Waals surface area contributed by atoms with Gasteiger partial charge in [-0.2, -0.15) is 0 Å². The fourth-order valence-electron chi connectivity index (χ4n) is 2.56. The third kappa shape index (κ3) is 4.88. The normalized spacial score (nSPS) is 11.1. The van der Waals surface area contributed by atoms with Crippen LogP contribution in [0.1, 0.15) is 15.9 Å². The third-order valence-electron chi connectivity index (χ3n) is 4.02. The summed E-state index contributed by atoms with van der Waals surface area (Å²) < 4.78 is 27.5. The molecule has 0 aliphatic rings. The van der Waals surface area contributed by atoms with E-state index in [-0.39, 0.29) is 10.8 Å². The van der Waals surface area contributed by atoms with Crippen molar-refractivity contribution >= 4 is 33.2 Å². The summed E-state index contributed by atoms with van der Waals surface area (Å²) in [5, 5.41) is 0.515. The average molecular weight is 416 g/mol. The van der Waals surface area contributed by atoms with Crippen LogP contribution in [-0.2, 0) is 16.6 Å². The van der Waals surface area contributed by atoms with Gasteiger partial charge in [0.15, 0.2) is 0 Å². The molecular weight excluding hydrogens is 398 g/mol. The fourth-order valence-corrected chi connectivity index (χ4v) is 3.75. The molecule has 0 unspecified atom stereocenters. The Labute approximate surface area is 168 Å². The number of hydrogen-bond acceptors (Lipinski definition) is 4. The molecule has 0 atom stereocenters. The molecule has 6 nitrogen and oxygen atoms in total. The maximum atomic E-state index is 12.6. The molecule has 0 bridgehead atoms. The molecule has 1 N–H and O–H groups in total. The van der Waals surface area contributed by atoms with Crippen LogP contribution in [0.15, 0.2) is 78.0 Å². The Morgan fingerprint density at radius 1 is 1.00 bits per heavy atom. The van der Waals surface area contributed by atoms with E-state index >= 15 is 0 Å². The molecule has 0 saturated heterocycles. The Morgan fingerprint density at radius 2 is 1.61 bits per heavy atom. The van der Waals surface area contributed by atoms with Gasteiger partial charge in [-0.25, -0.2) is 8.42 Å². The molecule has 8 heteroatoms. The van der Waals surface area contributed by atoms with Crippen LogP contribution < -0.4 is 4.72 Å². The minimum Gasteiger partial charge on any atom is -0.337 e. The van der Waals surface area contributed by atoms with Crippen molar-refractivity contribution in [3.8, 4) is 0 Å². The average Bonchev–Trinajstić information content (AvgIpc) is 2.70. The number of carbonyl (C=O) groups is 1. The van der Waals surface area contributed by atoms with Gasteiger partial charge >= 0.3 is 0 Å². The zero-order chi connectivity index (χ0) is 20.1. The summed E-state index contributed by atoms with van der Waals surface area (Å²) in [5.74, 6) is -0.202. The Kier molecular flexibility index (Phi) is 5.96. The number of rotatable bonds is 6. The predicted molar refractivity (Wildman–Crippen MR) is 109 cm³/mol. The smallest absolute Gasteiger partial charge is 0.261 e. The first-order valence-corrected chi connectivity index (χ1v) is 10.2. The van der Waals surface area contributed by atoms with Gasteiger partial charge in [-0.15, -0.1) is 0 Å². The van der Waals surface area contributed by atoms with Crippen molar-refractivity contribution in [3.05, 3.63) is 89.2 Å². The minimum absolute atomic E-state index is 0.0655. The van der Waals surface area contributed by atoms with Crippen LogP contribution in [0, 0.1) is 0 Å². The largest absolute Gasteiger partial charge is 0.337 e. The molecule has 0 aliphatic heterocycles. The summed E-state index contributed by atoms with van der Waals surface area (Å²) in [7, 11) is -2.07. The van der Waals surface area contributed by atoms with Gasteiger partial charge in [-0.1, -0.05) is 11.6 Å². The first kappa shape index (κ1) is 19.9. The highest BCUT2D eigenvalue weighted by atomic mass is 35.5. The van der Waals surface area contributed by atoms with E-state index in [0.29, 0.717) is 22.8 Å². The van der Waals surface area contributed by atoms with Crippen molar-refractivity contribution in [2.24, 2.45) is 0 Å². The van der Waals surface area contributed by atoms with Gasteiger partial charge in [0.25, 0.3) is 15.9 Å². The number of hydrogen-bond donors (Lipinski definition) is 1. The van der Waals surface area contributed by atoms with Crippen molar-refractivity contribution in [2.45, 2.75) is 11.4 Å². The number of nitrogens with one attached hydrogen (secondary N) is 1. The van der Waals surface area contributed by atoms with Gasteiger partial charge in [0, 0.05) is 42.3 Å². The second kappa shape index (κ2) is 8.41. The fraction of sp³-hybridized carbons (Fsp3) is 0.100. The zero-order valence-electron chi connectivity index (χ0n) is 15.0. The van der Waals surface area contributed by atoms with Crippen LogP contribution in [0.2, 0.25) is 5.02 Å². The molecule has 144 valence electrons. The lowest BCUT2D eigenvalue weighted by Gasteiger charge is -2.17. The number of anilines is 1. The topological polar surface area (TPSA) is 79.4 Å². The maximum Gasteiger partial charge on any atom is 0.261 e. The summed E-state index contributed by atoms with van der Waals surface area (Å²) in [6.45, 7) is 0.430. The van der Waals surface area contributed by atoms with Crippen molar-refractivity contribution in [1.82, 2.24) is 9.88 Å². The van der Waals surface area contributed by atoms with E-state index < -0.39 is 10.0 Å². The summed E-state index contributed by atoms with van der Waals surface area (Å²) in [4.78, 5) is 18.1. The van der Waals surface area contributed by atoms with Crippen LogP contribution in [-0.4, -0.2) is 31.3 Å². The highest BCUT2D eigenvalue weighted by Gasteiger charge is 2.17. The van der Waals surface area contributed by atoms with Gasteiger partial charge in [0.05, 0.1) is 4.90 Å². The lowest BCUT2D eigenvalue weighted by molar-refractivity contribution is 0.0785. The van der Waals surface area contributed by atoms with E-state index in [0.717, 1.165) is 5.56 Å².